The molecule has 0 saturated carbocycles. The summed E-state index contributed by atoms with van der Waals surface area (Å²) in [5.74, 6) is 0. The largest absolute Gasteiger partial charge is 0.591 e. The van der Waals surface area contributed by atoms with Crippen molar-refractivity contribution in [1.29, 1.82) is 0 Å². The minimum Gasteiger partial charge on any atom is -0.536 e. The summed E-state index contributed by atoms with van der Waals surface area (Å²) in [7, 11) is -6.20. The molecule has 0 aromatic carbocycles. The first-order chi connectivity index (χ1) is 2.64. The monoisotopic (exact) mass is 122 g/mol. The second-order valence-corrected chi connectivity index (χ2v) is 4.40. The van der Waals surface area contributed by atoms with Crippen molar-refractivity contribution in [2.75, 3.05) is 0 Å². The van der Waals surface area contributed by atoms with Crippen molar-refractivity contribution >= 4 is 16.9 Å². The van der Waals surface area contributed by atoms with Gasteiger partial charge in [-0.05, 0) is 0 Å². The number of rotatable bonds is 1. The zero-order valence-corrected chi connectivity index (χ0v) is 4.71. The van der Waals surface area contributed by atoms with Crippen molar-refractivity contribution in [3.8, 4) is 0 Å². The molecule has 0 heterocycles. The molecule has 2 N–H and O–H groups in total. The lowest BCUT2D eigenvalue weighted by molar-refractivity contribution is 0.418. The Morgan fingerprint density at radius 2 is 1.17 bits per heavy atom. The fourth-order valence-electron chi connectivity index (χ4n) is 0. The Morgan fingerprint density at radius 1 is 1.00 bits per heavy atom. The van der Waals surface area contributed by atoms with Gasteiger partial charge in [0.05, 0.1) is 0 Å². The molecule has 6 heteroatoms. The summed E-state index contributed by atoms with van der Waals surface area (Å²) < 4.78 is 18.7. The molecule has 0 rings (SSSR count). The summed E-state index contributed by atoms with van der Waals surface area (Å²) in [6.07, 6.45) is 0. The van der Waals surface area contributed by atoms with Crippen LogP contribution in [0.25, 0.3) is 0 Å². The summed E-state index contributed by atoms with van der Waals surface area (Å²) in [6.45, 7) is 0. The van der Waals surface area contributed by atoms with E-state index in [2.05, 4.69) is 0 Å². The van der Waals surface area contributed by atoms with Crippen LogP contribution >= 0.6 is 0 Å². The molecule has 34 valence electrons. The Balaban J connectivity index is 3.57. The maximum Gasteiger partial charge on any atom is 0.591 e. The van der Waals surface area contributed by atoms with Crippen molar-refractivity contribution in [2.24, 2.45) is 0 Å². The molecule has 0 bridgehead atoms. The van der Waals surface area contributed by atoms with Gasteiger partial charge in [-0.15, -0.1) is 0 Å². The summed E-state index contributed by atoms with van der Waals surface area (Å²) in [4.78, 5) is 15.3. The van der Waals surface area contributed by atoms with Gasteiger partial charge in [-0.2, -0.15) is 0 Å². The van der Waals surface area contributed by atoms with E-state index in [1.54, 1.807) is 0 Å². The molecule has 4 nitrogen and oxygen atoms in total. The Hall–Kier alpha value is -0.366. The predicted octanol–water partition coefficient (Wildman–Crippen LogP) is -2.11. The minimum absolute atomic E-state index is 3.10. The highest BCUT2D eigenvalue weighted by Gasteiger charge is 2.16. The lowest BCUT2D eigenvalue weighted by Crippen LogP contribution is -2.16. The smallest absolute Gasteiger partial charge is 0.536 e. The van der Waals surface area contributed by atoms with Gasteiger partial charge >= 0.3 is 16.9 Å². The molecular weight excluding hydrogens is 120 g/mol. The first-order valence-corrected chi connectivity index (χ1v) is 4.82. The van der Waals surface area contributed by atoms with Gasteiger partial charge in [-0.25, -0.2) is 0 Å². The second-order valence-electron chi connectivity index (χ2n) is 0.610. The Bertz CT molecular complexity index is 71.5. The normalized spacial score (nSPS) is 7.33. The minimum atomic E-state index is -3.10. The van der Waals surface area contributed by atoms with Gasteiger partial charge in [-0.3, -0.25) is 0 Å². The summed E-state index contributed by atoms with van der Waals surface area (Å²) in [6, 6.07) is 0. The van der Waals surface area contributed by atoms with Crippen molar-refractivity contribution in [3.05, 3.63) is 0 Å². The SMILES string of the molecule is O=[Si](O)[Si](=O)O. The molecule has 0 spiro atoms. The van der Waals surface area contributed by atoms with Crippen LogP contribution in [0.1, 0.15) is 0 Å². The van der Waals surface area contributed by atoms with Crippen LogP contribution in [-0.4, -0.2) is 26.5 Å². The third kappa shape index (κ3) is 1.91. The maximum absolute atomic E-state index is 9.37. The molecule has 0 amide bonds. The van der Waals surface area contributed by atoms with Crippen molar-refractivity contribution in [1.82, 2.24) is 0 Å². The highest BCUT2D eigenvalue weighted by Crippen LogP contribution is 1.49. The molecule has 0 aromatic rings. The summed E-state index contributed by atoms with van der Waals surface area (Å²) >= 11 is 0. The van der Waals surface area contributed by atoms with E-state index in [0.717, 1.165) is 0 Å². The molecule has 0 aliphatic heterocycles. The number of hydrogen-bond donors (Lipinski definition) is 2. The van der Waals surface area contributed by atoms with Gasteiger partial charge in [0.15, 0.2) is 0 Å². The molecule has 6 heavy (non-hydrogen) atoms. The molecule has 0 aromatic heterocycles. The highest BCUT2D eigenvalue weighted by molar-refractivity contribution is 7.00. The van der Waals surface area contributed by atoms with Gasteiger partial charge in [0.2, 0.25) is 0 Å². The van der Waals surface area contributed by atoms with E-state index in [1.165, 1.54) is 0 Å². The van der Waals surface area contributed by atoms with Crippen LogP contribution in [0.2, 0.25) is 0 Å². The summed E-state index contributed by atoms with van der Waals surface area (Å²) in [5, 5.41) is 0. The van der Waals surface area contributed by atoms with Crippen LogP contribution in [0.4, 0.5) is 0 Å². The molecule has 0 unspecified atom stereocenters. The van der Waals surface area contributed by atoms with E-state index in [0.29, 0.717) is 0 Å². The van der Waals surface area contributed by atoms with E-state index < -0.39 is 16.9 Å². The first-order valence-electron chi connectivity index (χ1n) is 1.11. The van der Waals surface area contributed by atoms with E-state index in [-0.39, 0.29) is 0 Å². The molecule has 0 fully saturated rings. The van der Waals surface area contributed by atoms with Crippen LogP contribution in [0.3, 0.4) is 0 Å². The zero-order valence-electron chi connectivity index (χ0n) is 2.71. The molecule has 0 radical (unpaired) electrons. The van der Waals surface area contributed by atoms with E-state index in [9.17, 15) is 8.92 Å². The van der Waals surface area contributed by atoms with Crippen molar-refractivity contribution < 1.29 is 18.5 Å². The second kappa shape index (κ2) is 1.93. The van der Waals surface area contributed by atoms with E-state index in [4.69, 9.17) is 9.59 Å². The van der Waals surface area contributed by atoms with E-state index >= 15 is 0 Å². The van der Waals surface area contributed by atoms with Crippen LogP contribution in [0.5, 0.6) is 0 Å². The fourth-order valence-corrected chi connectivity index (χ4v) is 0. The Morgan fingerprint density at radius 3 is 1.17 bits per heavy atom. The highest BCUT2D eigenvalue weighted by atomic mass is 29.2. The molecule has 0 aliphatic carbocycles. The average Bonchev–Trinajstić information content (AvgIpc) is 1.36. The van der Waals surface area contributed by atoms with E-state index in [1.807, 2.05) is 0 Å². The zero-order chi connectivity index (χ0) is 5.15. The third-order valence-corrected chi connectivity index (χ3v) is 1.65. The lowest BCUT2D eigenvalue weighted by Gasteiger charge is -1.67. The quantitative estimate of drug-likeness (QED) is 0.390. The first kappa shape index (κ1) is 5.63. The molecule has 0 aliphatic rings. The standard InChI is InChI=1S/H2O4Si2/c1-5(2)6(3)4/h1,3H. The summed E-state index contributed by atoms with van der Waals surface area (Å²) in [5.41, 5.74) is 0. The Labute approximate surface area is 36.4 Å². The molecule has 0 atom stereocenters. The topological polar surface area (TPSA) is 74.6 Å². The lowest BCUT2D eigenvalue weighted by atomic mass is 15.9. The third-order valence-electron chi connectivity index (χ3n) is 0.183. The van der Waals surface area contributed by atoms with Gasteiger partial charge in [0.25, 0.3) is 0 Å². The predicted molar refractivity (Wildman–Crippen MR) is 17.3 cm³/mol. The number of hydrogen-bond acceptors (Lipinski definition) is 2. The van der Waals surface area contributed by atoms with Gasteiger partial charge in [-0.1, -0.05) is 0 Å². The van der Waals surface area contributed by atoms with Crippen LogP contribution in [-0.2, 0) is 8.92 Å². The van der Waals surface area contributed by atoms with Gasteiger partial charge < -0.3 is 18.5 Å². The van der Waals surface area contributed by atoms with Crippen molar-refractivity contribution in [2.45, 2.75) is 0 Å². The fraction of sp³-hybridized carbons (Fsp3) is 0. The molecule has 0 saturated heterocycles. The van der Waals surface area contributed by atoms with Crippen LogP contribution < -0.4 is 0 Å². The van der Waals surface area contributed by atoms with Gasteiger partial charge in [0.1, 0.15) is 0 Å². The Kier molecular flexibility index (Phi) is 1.81. The average molecular weight is 122 g/mol. The van der Waals surface area contributed by atoms with Crippen molar-refractivity contribution in [3.63, 3.8) is 0 Å². The van der Waals surface area contributed by atoms with Crippen LogP contribution in [0.15, 0.2) is 0 Å². The van der Waals surface area contributed by atoms with Crippen LogP contribution in [0, 0.1) is 0 Å². The van der Waals surface area contributed by atoms with Gasteiger partial charge in [0, 0.05) is 0 Å². The molecular formula is H2O4Si2. The maximum atomic E-state index is 9.37.